The first-order valence-electron chi connectivity index (χ1n) is 5.70. The van der Waals surface area contributed by atoms with E-state index in [1.807, 2.05) is 4.90 Å². The van der Waals surface area contributed by atoms with E-state index in [-0.39, 0.29) is 5.92 Å². The Kier molecular flexibility index (Phi) is 3.26. The molecule has 2 aliphatic heterocycles. The Balaban J connectivity index is 1.87. The molecule has 0 bridgehead atoms. The van der Waals surface area contributed by atoms with Crippen LogP contribution in [0.1, 0.15) is 6.92 Å². The summed E-state index contributed by atoms with van der Waals surface area (Å²) in [6, 6.07) is 0. The number of methoxy groups -OCH3 is 1. The Labute approximate surface area is 91.0 Å². The molecule has 2 fully saturated rings. The van der Waals surface area contributed by atoms with E-state index >= 15 is 0 Å². The average molecular weight is 212 g/mol. The fraction of sp³-hybridized carbons (Fsp3) is 0.909. The molecule has 1 N–H and O–H groups in total. The quantitative estimate of drug-likeness (QED) is 0.713. The molecule has 2 heterocycles. The molecule has 2 atom stereocenters. The summed E-state index contributed by atoms with van der Waals surface area (Å²) in [6.45, 7) is 6.48. The molecule has 86 valence electrons. The van der Waals surface area contributed by atoms with Crippen LogP contribution in [0.4, 0.5) is 0 Å². The first-order chi connectivity index (χ1) is 7.22. The number of ether oxygens (including phenoxy) is 1. The minimum atomic E-state index is 0.235. The van der Waals surface area contributed by atoms with Crippen LogP contribution in [0.2, 0.25) is 0 Å². The lowest BCUT2D eigenvalue weighted by atomic mass is 10.00. The number of amides is 1. The largest absolute Gasteiger partial charge is 0.384 e. The van der Waals surface area contributed by atoms with Gasteiger partial charge in [0.1, 0.15) is 0 Å². The monoisotopic (exact) mass is 212 g/mol. The topological polar surface area (TPSA) is 41.6 Å². The van der Waals surface area contributed by atoms with Crippen molar-refractivity contribution >= 4 is 5.91 Å². The number of likely N-dealkylation sites (tertiary alicyclic amines) is 1. The van der Waals surface area contributed by atoms with E-state index in [1.54, 1.807) is 7.11 Å². The number of nitrogens with one attached hydrogen (secondary N) is 1. The van der Waals surface area contributed by atoms with Gasteiger partial charge in [0.15, 0.2) is 0 Å². The SMILES string of the molecule is COC[C@H]1CN(C(=O)C2CNC2)C[C@H]1C. The molecule has 2 rings (SSSR count). The van der Waals surface area contributed by atoms with Gasteiger partial charge in [0.25, 0.3) is 0 Å². The van der Waals surface area contributed by atoms with Gasteiger partial charge in [0.05, 0.1) is 12.5 Å². The molecule has 4 nitrogen and oxygen atoms in total. The van der Waals surface area contributed by atoms with E-state index < -0.39 is 0 Å². The number of carbonyl (C=O) groups is 1. The van der Waals surface area contributed by atoms with Gasteiger partial charge in [-0.2, -0.15) is 0 Å². The van der Waals surface area contributed by atoms with Gasteiger partial charge in [-0.05, 0) is 5.92 Å². The number of rotatable bonds is 3. The van der Waals surface area contributed by atoms with Crippen molar-refractivity contribution in [2.45, 2.75) is 6.92 Å². The number of carbonyl (C=O) groups excluding carboxylic acids is 1. The summed E-state index contributed by atoms with van der Waals surface area (Å²) in [6.07, 6.45) is 0. The highest BCUT2D eigenvalue weighted by Gasteiger charge is 2.36. The molecule has 0 radical (unpaired) electrons. The Morgan fingerprint density at radius 3 is 2.73 bits per heavy atom. The van der Waals surface area contributed by atoms with Gasteiger partial charge in [-0.3, -0.25) is 4.79 Å². The highest BCUT2D eigenvalue weighted by Crippen LogP contribution is 2.25. The Hall–Kier alpha value is -0.610. The van der Waals surface area contributed by atoms with Crippen LogP contribution in [0, 0.1) is 17.8 Å². The van der Waals surface area contributed by atoms with Crippen LogP contribution in [0.3, 0.4) is 0 Å². The highest BCUT2D eigenvalue weighted by molar-refractivity contribution is 5.80. The summed E-state index contributed by atoms with van der Waals surface area (Å²) in [4.78, 5) is 14.0. The molecule has 0 unspecified atom stereocenters. The van der Waals surface area contributed by atoms with Crippen LogP contribution in [0.25, 0.3) is 0 Å². The molecule has 15 heavy (non-hydrogen) atoms. The van der Waals surface area contributed by atoms with E-state index in [9.17, 15) is 4.79 Å². The molecule has 0 saturated carbocycles. The lowest BCUT2D eigenvalue weighted by molar-refractivity contribution is -0.136. The lowest BCUT2D eigenvalue weighted by Crippen LogP contribution is -2.51. The van der Waals surface area contributed by atoms with Crippen LogP contribution in [-0.2, 0) is 9.53 Å². The number of hydrogen-bond acceptors (Lipinski definition) is 3. The molecule has 4 heteroatoms. The van der Waals surface area contributed by atoms with Crippen molar-refractivity contribution in [3.63, 3.8) is 0 Å². The first-order valence-corrected chi connectivity index (χ1v) is 5.70. The van der Waals surface area contributed by atoms with E-state index in [1.165, 1.54) is 0 Å². The third-order valence-electron chi connectivity index (χ3n) is 3.59. The predicted octanol–water partition coefficient (Wildman–Crippen LogP) is -0.0533. The summed E-state index contributed by atoms with van der Waals surface area (Å²) < 4.78 is 5.17. The van der Waals surface area contributed by atoms with Crippen molar-refractivity contribution in [1.82, 2.24) is 10.2 Å². The van der Waals surface area contributed by atoms with Gasteiger partial charge in [0, 0.05) is 39.2 Å². The van der Waals surface area contributed by atoms with Crippen LogP contribution in [0.5, 0.6) is 0 Å². The van der Waals surface area contributed by atoms with Crippen LogP contribution >= 0.6 is 0 Å². The van der Waals surface area contributed by atoms with Crippen molar-refractivity contribution in [3.05, 3.63) is 0 Å². The molecular weight excluding hydrogens is 192 g/mol. The molecule has 0 spiro atoms. The highest BCUT2D eigenvalue weighted by atomic mass is 16.5. The Bertz CT molecular complexity index is 241. The molecule has 0 aromatic heterocycles. The zero-order chi connectivity index (χ0) is 10.8. The molecule has 0 aliphatic carbocycles. The van der Waals surface area contributed by atoms with Gasteiger partial charge < -0.3 is 15.0 Å². The van der Waals surface area contributed by atoms with E-state index in [0.29, 0.717) is 17.7 Å². The van der Waals surface area contributed by atoms with E-state index in [4.69, 9.17) is 4.74 Å². The molecule has 0 aromatic rings. The second kappa shape index (κ2) is 4.49. The van der Waals surface area contributed by atoms with Gasteiger partial charge in [0.2, 0.25) is 5.91 Å². The summed E-state index contributed by atoms with van der Waals surface area (Å²) in [5.41, 5.74) is 0. The van der Waals surface area contributed by atoms with Crippen molar-refractivity contribution in [1.29, 1.82) is 0 Å². The fourth-order valence-corrected chi connectivity index (χ4v) is 2.37. The van der Waals surface area contributed by atoms with Gasteiger partial charge in [-0.1, -0.05) is 6.92 Å². The molecule has 2 saturated heterocycles. The smallest absolute Gasteiger partial charge is 0.228 e. The zero-order valence-corrected chi connectivity index (χ0v) is 9.53. The molecule has 0 aromatic carbocycles. The van der Waals surface area contributed by atoms with Crippen LogP contribution < -0.4 is 5.32 Å². The second-order valence-electron chi connectivity index (χ2n) is 4.79. The molecule has 2 aliphatic rings. The maximum absolute atomic E-state index is 12.0. The lowest BCUT2D eigenvalue weighted by Gasteiger charge is -2.30. The standard InChI is InChI=1S/C11H20N2O2/c1-8-5-13(6-10(8)7-15-2)11(14)9-3-12-4-9/h8-10,12H,3-7H2,1-2H3/t8-,10-/m1/s1. The minimum absolute atomic E-state index is 0.235. The maximum Gasteiger partial charge on any atom is 0.228 e. The normalized spacial score (nSPS) is 31.7. The zero-order valence-electron chi connectivity index (χ0n) is 9.53. The Morgan fingerprint density at radius 1 is 1.47 bits per heavy atom. The number of hydrogen-bond donors (Lipinski definition) is 1. The first kappa shape index (κ1) is 10.9. The average Bonchev–Trinajstić information content (AvgIpc) is 2.46. The minimum Gasteiger partial charge on any atom is -0.384 e. The maximum atomic E-state index is 12.0. The summed E-state index contributed by atoms with van der Waals surface area (Å²) in [5, 5.41) is 3.14. The third kappa shape index (κ3) is 2.16. The molecule has 1 amide bonds. The third-order valence-corrected chi connectivity index (χ3v) is 3.59. The fourth-order valence-electron chi connectivity index (χ4n) is 2.37. The van der Waals surface area contributed by atoms with E-state index in [2.05, 4.69) is 12.2 Å². The van der Waals surface area contributed by atoms with Crippen LogP contribution in [0.15, 0.2) is 0 Å². The predicted molar refractivity (Wildman–Crippen MR) is 57.5 cm³/mol. The molecular formula is C11H20N2O2. The second-order valence-corrected chi connectivity index (χ2v) is 4.79. The Morgan fingerprint density at radius 2 is 2.20 bits per heavy atom. The van der Waals surface area contributed by atoms with Crippen molar-refractivity contribution < 1.29 is 9.53 Å². The van der Waals surface area contributed by atoms with Crippen molar-refractivity contribution in [3.8, 4) is 0 Å². The van der Waals surface area contributed by atoms with E-state index in [0.717, 1.165) is 32.8 Å². The number of nitrogens with zero attached hydrogens (tertiary/aromatic N) is 1. The summed E-state index contributed by atoms with van der Waals surface area (Å²) in [5.74, 6) is 1.66. The van der Waals surface area contributed by atoms with Gasteiger partial charge in [-0.25, -0.2) is 0 Å². The van der Waals surface area contributed by atoms with Gasteiger partial charge >= 0.3 is 0 Å². The van der Waals surface area contributed by atoms with Crippen molar-refractivity contribution in [2.24, 2.45) is 17.8 Å². The summed E-state index contributed by atoms with van der Waals surface area (Å²) >= 11 is 0. The van der Waals surface area contributed by atoms with Crippen molar-refractivity contribution in [2.75, 3.05) is 39.9 Å². The summed E-state index contributed by atoms with van der Waals surface area (Å²) in [7, 11) is 1.73. The van der Waals surface area contributed by atoms with Gasteiger partial charge in [-0.15, -0.1) is 0 Å². The van der Waals surface area contributed by atoms with Crippen LogP contribution in [-0.4, -0.2) is 50.7 Å².